The fourth-order valence-electron chi connectivity index (χ4n) is 3.96. The van der Waals surface area contributed by atoms with Crippen molar-refractivity contribution in [3.05, 3.63) is 112 Å². The van der Waals surface area contributed by atoms with Crippen molar-refractivity contribution >= 4 is 46.3 Å². The number of ketones is 1. The molecule has 1 aliphatic rings. The third kappa shape index (κ3) is 5.20. The zero-order valence-corrected chi connectivity index (χ0v) is 21.3. The van der Waals surface area contributed by atoms with Gasteiger partial charge in [0.2, 0.25) is 5.78 Å². The van der Waals surface area contributed by atoms with Gasteiger partial charge >= 0.3 is 12.1 Å². The third-order valence-corrected chi connectivity index (χ3v) is 6.39. The van der Waals surface area contributed by atoms with E-state index in [-0.39, 0.29) is 33.8 Å². The number of hydrogen-bond acceptors (Lipinski definition) is 7. The maximum Gasteiger partial charge on any atom is 0.421 e. The lowest BCUT2D eigenvalue weighted by molar-refractivity contribution is -0.376. The van der Waals surface area contributed by atoms with Crippen molar-refractivity contribution < 1.29 is 38.0 Å². The summed E-state index contributed by atoms with van der Waals surface area (Å²) in [6, 6.07) is 17.3. The summed E-state index contributed by atoms with van der Waals surface area (Å²) in [5, 5.41) is 12.7. The maximum atomic E-state index is 13.6. The van der Waals surface area contributed by atoms with Crippen LogP contribution in [0.4, 0.5) is 25.8 Å². The minimum absolute atomic E-state index is 0.0343. The molecule has 0 spiro atoms. The maximum absolute atomic E-state index is 13.6. The van der Waals surface area contributed by atoms with E-state index >= 15 is 0 Å². The Morgan fingerprint density at radius 1 is 0.950 bits per heavy atom. The Morgan fingerprint density at radius 3 is 2.33 bits per heavy atom. The SMILES string of the molecule is CN(c1ccc(Cl)cc1)c1ccc(C(=O)c2ccc(NC(=O)c3ccc4c(c3)OOC4(F)F)c(C(=O)O)c2)nc1. The predicted octanol–water partition coefficient (Wildman–Crippen LogP) is 6.06. The summed E-state index contributed by atoms with van der Waals surface area (Å²) in [6.45, 7) is 0. The summed E-state index contributed by atoms with van der Waals surface area (Å²) in [5.41, 5.74) is 0.588. The molecule has 0 bridgehead atoms. The van der Waals surface area contributed by atoms with Crippen molar-refractivity contribution in [2.45, 2.75) is 6.11 Å². The number of hydrogen-bond donors (Lipinski definition) is 2. The van der Waals surface area contributed by atoms with Gasteiger partial charge in [-0.2, -0.15) is 8.78 Å². The number of pyridine rings is 1. The zero-order valence-electron chi connectivity index (χ0n) is 20.5. The van der Waals surface area contributed by atoms with Crippen LogP contribution >= 0.6 is 11.6 Å². The molecule has 0 saturated carbocycles. The fraction of sp³-hybridized carbons (Fsp3) is 0.0714. The number of amides is 1. The van der Waals surface area contributed by atoms with E-state index in [1.54, 1.807) is 18.2 Å². The van der Waals surface area contributed by atoms with Gasteiger partial charge in [0.05, 0.1) is 23.1 Å². The fourth-order valence-corrected chi connectivity index (χ4v) is 4.09. The van der Waals surface area contributed by atoms with Crippen LogP contribution in [0.25, 0.3) is 0 Å². The Balaban J connectivity index is 1.34. The molecule has 0 saturated heterocycles. The van der Waals surface area contributed by atoms with Crippen molar-refractivity contribution in [3.63, 3.8) is 0 Å². The van der Waals surface area contributed by atoms with Crippen LogP contribution in [0.3, 0.4) is 0 Å². The number of fused-ring (bicyclic) bond motifs is 1. The van der Waals surface area contributed by atoms with Crippen LogP contribution in [0, 0.1) is 0 Å². The van der Waals surface area contributed by atoms with Gasteiger partial charge in [0.1, 0.15) is 11.3 Å². The molecule has 1 aliphatic heterocycles. The molecule has 0 aliphatic carbocycles. The number of nitrogens with zero attached hydrogens (tertiary/aromatic N) is 2. The van der Waals surface area contributed by atoms with Crippen LogP contribution in [0.2, 0.25) is 5.02 Å². The largest absolute Gasteiger partial charge is 0.478 e. The molecule has 202 valence electrons. The zero-order chi connectivity index (χ0) is 28.6. The smallest absolute Gasteiger partial charge is 0.421 e. The molecule has 1 aromatic heterocycles. The summed E-state index contributed by atoms with van der Waals surface area (Å²) in [5.74, 6) is -3.05. The normalized spacial score (nSPS) is 13.2. The predicted molar refractivity (Wildman–Crippen MR) is 141 cm³/mol. The van der Waals surface area contributed by atoms with Gasteiger partial charge in [0, 0.05) is 28.9 Å². The average molecular weight is 566 g/mol. The molecule has 0 unspecified atom stereocenters. The lowest BCUT2D eigenvalue weighted by Gasteiger charge is -2.19. The first-order valence-corrected chi connectivity index (χ1v) is 12.0. The van der Waals surface area contributed by atoms with Gasteiger partial charge in [-0.15, -0.1) is 4.89 Å². The van der Waals surface area contributed by atoms with Gasteiger partial charge in [-0.3, -0.25) is 14.6 Å². The summed E-state index contributed by atoms with van der Waals surface area (Å²) < 4.78 is 27.1. The van der Waals surface area contributed by atoms with Crippen molar-refractivity contribution in [2.75, 3.05) is 17.3 Å². The molecule has 1 amide bonds. The minimum atomic E-state index is -3.65. The number of rotatable bonds is 7. The van der Waals surface area contributed by atoms with E-state index in [0.717, 1.165) is 30.0 Å². The lowest BCUT2D eigenvalue weighted by Crippen LogP contribution is -2.16. The molecule has 2 N–H and O–H groups in total. The van der Waals surface area contributed by atoms with E-state index in [1.807, 2.05) is 24.1 Å². The van der Waals surface area contributed by atoms with Crippen LogP contribution in [0.15, 0.2) is 79.0 Å². The van der Waals surface area contributed by atoms with Gasteiger partial charge in [-0.05, 0) is 72.8 Å². The summed E-state index contributed by atoms with van der Waals surface area (Å²) in [7, 11) is 1.83. The lowest BCUT2D eigenvalue weighted by atomic mass is 10.0. The van der Waals surface area contributed by atoms with E-state index in [9.17, 15) is 28.3 Å². The Labute approximate surface area is 230 Å². The molecule has 12 heteroatoms. The van der Waals surface area contributed by atoms with Gasteiger partial charge in [-0.25, -0.2) is 4.79 Å². The van der Waals surface area contributed by atoms with Crippen molar-refractivity contribution in [3.8, 4) is 5.75 Å². The number of carbonyl (C=O) groups excluding carboxylic acids is 2. The number of alkyl halides is 2. The number of carboxylic acids is 1. The highest BCUT2D eigenvalue weighted by atomic mass is 35.5. The molecular weight excluding hydrogens is 548 g/mol. The molecule has 3 aromatic carbocycles. The topological polar surface area (TPSA) is 118 Å². The van der Waals surface area contributed by atoms with Crippen LogP contribution in [0.5, 0.6) is 5.75 Å². The molecular formula is C28H18ClF2N3O6. The van der Waals surface area contributed by atoms with Gasteiger partial charge < -0.3 is 20.2 Å². The number of benzene rings is 3. The van der Waals surface area contributed by atoms with Gasteiger partial charge in [0.25, 0.3) is 5.91 Å². The third-order valence-electron chi connectivity index (χ3n) is 6.14. The monoisotopic (exact) mass is 565 g/mol. The first-order valence-electron chi connectivity index (χ1n) is 11.6. The molecule has 0 radical (unpaired) electrons. The van der Waals surface area contributed by atoms with E-state index in [2.05, 4.69) is 20.1 Å². The molecule has 4 aromatic rings. The minimum Gasteiger partial charge on any atom is -0.478 e. The van der Waals surface area contributed by atoms with E-state index < -0.39 is 29.3 Å². The Morgan fingerprint density at radius 2 is 1.65 bits per heavy atom. The van der Waals surface area contributed by atoms with Crippen LogP contribution in [0.1, 0.15) is 42.3 Å². The van der Waals surface area contributed by atoms with Crippen LogP contribution in [-0.2, 0) is 11.0 Å². The number of carbonyl (C=O) groups is 3. The van der Waals surface area contributed by atoms with Crippen molar-refractivity contribution in [1.82, 2.24) is 4.98 Å². The highest BCUT2D eigenvalue weighted by molar-refractivity contribution is 6.30. The molecule has 0 atom stereocenters. The number of aromatic carboxylic acids is 1. The van der Waals surface area contributed by atoms with Gasteiger partial charge in [-0.1, -0.05) is 11.6 Å². The standard InChI is InChI=1S/C28H18ClF2N3O6/c1-34(18-6-4-17(29)5-7-18)19-8-11-23(32-14-19)25(35)15-3-10-22(20(12-15)27(37)38)33-26(36)16-2-9-21-24(13-16)39-40-28(21,30)31/h2-14H,1H3,(H,33,36)(H,37,38). The van der Waals surface area contributed by atoms with Crippen molar-refractivity contribution in [2.24, 2.45) is 0 Å². The van der Waals surface area contributed by atoms with Crippen molar-refractivity contribution in [1.29, 1.82) is 0 Å². The van der Waals surface area contributed by atoms with Crippen LogP contribution < -0.4 is 15.1 Å². The van der Waals surface area contributed by atoms with Gasteiger partial charge in [0.15, 0.2) is 5.75 Å². The summed E-state index contributed by atoms with van der Waals surface area (Å²) in [6.07, 6.45) is -2.14. The highest BCUT2D eigenvalue weighted by Crippen LogP contribution is 2.42. The Hall–Kier alpha value is -4.87. The second-order valence-corrected chi connectivity index (χ2v) is 9.12. The summed E-state index contributed by atoms with van der Waals surface area (Å²) >= 11 is 5.94. The molecule has 5 rings (SSSR count). The number of halogens is 3. The van der Waals surface area contributed by atoms with E-state index in [1.165, 1.54) is 24.4 Å². The molecule has 9 nitrogen and oxygen atoms in total. The quantitative estimate of drug-likeness (QED) is 0.205. The van der Waals surface area contributed by atoms with E-state index in [4.69, 9.17) is 11.6 Å². The number of nitrogens with one attached hydrogen (secondary N) is 1. The first-order chi connectivity index (χ1) is 19.0. The molecule has 0 fully saturated rings. The van der Waals surface area contributed by atoms with Crippen LogP contribution in [-0.4, -0.2) is 34.8 Å². The number of anilines is 3. The molecule has 40 heavy (non-hydrogen) atoms. The highest BCUT2D eigenvalue weighted by Gasteiger charge is 2.44. The second-order valence-electron chi connectivity index (χ2n) is 8.68. The Bertz CT molecular complexity index is 1650. The molecule has 2 heterocycles. The first kappa shape index (κ1) is 26.7. The summed E-state index contributed by atoms with van der Waals surface area (Å²) in [4.78, 5) is 52.2. The Kier molecular flexibility index (Phi) is 6.92. The number of aromatic nitrogens is 1. The number of carboxylic acid groups (broad SMARTS) is 1. The average Bonchev–Trinajstić information content (AvgIpc) is 3.26. The van der Waals surface area contributed by atoms with E-state index in [0.29, 0.717) is 10.7 Å². The second kappa shape index (κ2) is 10.4.